The van der Waals surface area contributed by atoms with Crippen LogP contribution in [0.2, 0.25) is 5.15 Å². The van der Waals surface area contributed by atoms with Gasteiger partial charge in [-0.05, 0) is 19.1 Å². The van der Waals surface area contributed by atoms with E-state index in [2.05, 4.69) is 14.8 Å². The van der Waals surface area contributed by atoms with E-state index in [1.807, 2.05) is 0 Å². The van der Waals surface area contributed by atoms with Gasteiger partial charge in [0.15, 0.2) is 11.6 Å². The van der Waals surface area contributed by atoms with Crippen LogP contribution in [0.25, 0.3) is 5.82 Å². The molecule has 0 radical (unpaired) electrons. The third-order valence-electron chi connectivity index (χ3n) is 2.57. The topological polar surface area (TPSA) is 57.0 Å². The molecule has 0 aliphatic heterocycles. The first kappa shape index (κ1) is 16.2. The number of nitrogens with zero attached hydrogens (tertiary/aromatic N) is 3. The first-order valence-corrected chi connectivity index (χ1v) is 6.18. The molecule has 0 aromatic carbocycles. The third kappa shape index (κ3) is 3.35. The summed E-state index contributed by atoms with van der Waals surface area (Å²) in [5, 5.41) is 3.41. The molecule has 2 aromatic rings. The van der Waals surface area contributed by atoms with Gasteiger partial charge in [-0.3, -0.25) is 4.79 Å². The van der Waals surface area contributed by atoms with Gasteiger partial charge in [-0.2, -0.15) is 8.78 Å². The predicted molar refractivity (Wildman–Crippen MR) is 68.0 cm³/mol. The maximum atomic E-state index is 13.0. The van der Waals surface area contributed by atoms with Crippen LogP contribution in [0.15, 0.2) is 18.2 Å². The van der Waals surface area contributed by atoms with Crippen molar-refractivity contribution in [3.63, 3.8) is 0 Å². The highest BCUT2D eigenvalue weighted by Crippen LogP contribution is 2.28. The predicted octanol–water partition coefficient (Wildman–Crippen LogP) is 3.66. The van der Waals surface area contributed by atoms with Gasteiger partial charge in [0.1, 0.15) is 10.8 Å². The smallest absolute Gasteiger partial charge is 0.388 e. The maximum Gasteiger partial charge on any atom is 0.388 e. The summed E-state index contributed by atoms with van der Waals surface area (Å²) in [6.07, 6.45) is -3.05. The first-order valence-electron chi connectivity index (χ1n) is 5.80. The fraction of sp³-hybridized carbons (Fsp3) is 0.250. The number of ketones is 1. The molecule has 0 unspecified atom stereocenters. The Morgan fingerprint density at radius 1 is 1.32 bits per heavy atom. The molecule has 0 saturated carbocycles. The number of halogens is 5. The highest BCUT2D eigenvalue weighted by atomic mass is 35.5. The van der Waals surface area contributed by atoms with E-state index in [4.69, 9.17) is 11.6 Å². The van der Waals surface area contributed by atoms with Gasteiger partial charge in [-0.1, -0.05) is 11.6 Å². The molecule has 118 valence electrons. The molecule has 2 rings (SSSR count). The lowest BCUT2D eigenvalue weighted by molar-refractivity contribution is -0.0530. The molecular formula is C12H8ClF4N3O2. The summed E-state index contributed by atoms with van der Waals surface area (Å²) in [6, 6.07) is 3.21. The SMILES string of the molecule is CC(=O)c1ccc(Cl)nc1-n1nc(OC(F)F)cc1C(F)F. The Bertz CT molecular complexity index is 706. The molecule has 22 heavy (non-hydrogen) atoms. The van der Waals surface area contributed by atoms with Crippen molar-refractivity contribution >= 4 is 17.4 Å². The summed E-state index contributed by atoms with van der Waals surface area (Å²) < 4.78 is 55.0. The highest BCUT2D eigenvalue weighted by Gasteiger charge is 2.23. The molecule has 0 N–H and O–H groups in total. The van der Waals surface area contributed by atoms with E-state index < -0.39 is 30.4 Å². The Morgan fingerprint density at radius 3 is 2.55 bits per heavy atom. The molecule has 0 atom stereocenters. The molecule has 0 aliphatic rings. The van der Waals surface area contributed by atoms with Gasteiger partial charge in [-0.15, -0.1) is 5.10 Å². The fourth-order valence-corrected chi connectivity index (χ4v) is 1.85. The number of alkyl halides is 4. The number of hydrogen-bond acceptors (Lipinski definition) is 4. The summed E-state index contributed by atoms with van der Waals surface area (Å²) in [6.45, 7) is -2.04. The van der Waals surface area contributed by atoms with Crippen LogP contribution in [0, 0.1) is 0 Å². The van der Waals surface area contributed by atoms with E-state index in [1.165, 1.54) is 19.1 Å². The van der Waals surface area contributed by atoms with Gasteiger partial charge < -0.3 is 4.74 Å². The number of aromatic nitrogens is 3. The largest absolute Gasteiger partial charge is 0.415 e. The second kappa shape index (κ2) is 6.30. The Kier molecular flexibility index (Phi) is 4.65. The molecule has 0 aliphatic carbocycles. The summed E-state index contributed by atoms with van der Waals surface area (Å²) >= 11 is 5.69. The lowest BCUT2D eigenvalue weighted by atomic mass is 10.2. The van der Waals surface area contributed by atoms with Crippen molar-refractivity contribution in [2.45, 2.75) is 20.0 Å². The van der Waals surface area contributed by atoms with Crippen molar-refractivity contribution in [1.82, 2.24) is 14.8 Å². The van der Waals surface area contributed by atoms with Crippen molar-refractivity contribution in [3.8, 4) is 11.7 Å². The minimum absolute atomic E-state index is 0.0435. The molecule has 2 aromatic heterocycles. The zero-order valence-electron chi connectivity index (χ0n) is 10.9. The van der Waals surface area contributed by atoms with E-state index in [9.17, 15) is 22.4 Å². The van der Waals surface area contributed by atoms with Gasteiger partial charge in [0.2, 0.25) is 5.88 Å². The number of pyridine rings is 1. The number of rotatable bonds is 5. The Labute approximate surface area is 126 Å². The summed E-state index contributed by atoms with van der Waals surface area (Å²) in [5.74, 6) is -1.49. The average Bonchev–Trinajstić information content (AvgIpc) is 2.81. The number of carbonyl (C=O) groups excluding carboxylic acids is 1. The second-order valence-corrected chi connectivity index (χ2v) is 4.45. The van der Waals surface area contributed by atoms with E-state index in [-0.39, 0.29) is 16.5 Å². The quantitative estimate of drug-likeness (QED) is 0.474. The monoisotopic (exact) mass is 337 g/mol. The van der Waals surface area contributed by atoms with E-state index in [1.54, 1.807) is 0 Å². The van der Waals surface area contributed by atoms with Gasteiger partial charge in [-0.25, -0.2) is 18.4 Å². The molecule has 2 heterocycles. The molecule has 5 nitrogen and oxygen atoms in total. The van der Waals surface area contributed by atoms with Crippen LogP contribution in [-0.4, -0.2) is 27.2 Å². The van der Waals surface area contributed by atoms with Crippen molar-refractivity contribution in [2.24, 2.45) is 0 Å². The zero-order chi connectivity index (χ0) is 16.4. The van der Waals surface area contributed by atoms with E-state index in [0.29, 0.717) is 10.7 Å². The molecule has 0 spiro atoms. The zero-order valence-corrected chi connectivity index (χ0v) is 11.7. The van der Waals surface area contributed by atoms with E-state index in [0.717, 1.165) is 0 Å². The first-order chi connectivity index (χ1) is 10.3. The van der Waals surface area contributed by atoms with Crippen LogP contribution in [0.1, 0.15) is 29.4 Å². The van der Waals surface area contributed by atoms with Crippen molar-refractivity contribution in [1.29, 1.82) is 0 Å². The Hall–Kier alpha value is -2.16. The highest BCUT2D eigenvalue weighted by molar-refractivity contribution is 6.29. The summed E-state index contributed by atoms with van der Waals surface area (Å²) in [4.78, 5) is 15.3. The molecule has 0 fully saturated rings. The maximum absolute atomic E-state index is 13.0. The standard InChI is InChI=1S/C12H8ClF4N3O2/c1-5(21)6-2-3-8(13)18-11(6)20-7(10(14)15)4-9(19-20)22-12(16)17/h2-4,10,12H,1H3. The molecule has 0 saturated heterocycles. The number of Topliss-reactive ketones (excluding diaryl/α,β-unsaturated/α-hetero) is 1. The van der Waals surface area contributed by atoms with Crippen LogP contribution in [0.3, 0.4) is 0 Å². The lowest BCUT2D eigenvalue weighted by Gasteiger charge is -2.09. The number of carbonyl (C=O) groups is 1. The van der Waals surface area contributed by atoms with Crippen LogP contribution in [-0.2, 0) is 0 Å². The van der Waals surface area contributed by atoms with Gasteiger partial charge >= 0.3 is 6.61 Å². The average molecular weight is 338 g/mol. The van der Waals surface area contributed by atoms with Crippen LogP contribution in [0.4, 0.5) is 17.6 Å². The fourth-order valence-electron chi connectivity index (χ4n) is 1.71. The normalized spacial score (nSPS) is 11.3. The van der Waals surface area contributed by atoms with Crippen LogP contribution < -0.4 is 4.74 Å². The molecule has 0 amide bonds. The van der Waals surface area contributed by atoms with Crippen LogP contribution in [0.5, 0.6) is 5.88 Å². The Balaban J connectivity index is 2.63. The molecule has 0 bridgehead atoms. The molecular weight excluding hydrogens is 330 g/mol. The number of hydrogen-bond donors (Lipinski definition) is 0. The van der Waals surface area contributed by atoms with Gasteiger partial charge in [0.25, 0.3) is 6.43 Å². The van der Waals surface area contributed by atoms with E-state index >= 15 is 0 Å². The minimum atomic E-state index is -3.23. The number of ether oxygens (including phenoxy) is 1. The second-order valence-electron chi connectivity index (χ2n) is 4.06. The third-order valence-corrected chi connectivity index (χ3v) is 2.78. The Morgan fingerprint density at radius 2 is 2.00 bits per heavy atom. The van der Waals surface area contributed by atoms with Crippen LogP contribution >= 0.6 is 11.6 Å². The van der Waals surface area contributed by atoms with Crippen molar-refractivity contribution in [3.05, 3.63) is 34.6 Å². The van der Waals surface area contributed by atoms with Gasteiger partial charge in [0, 0.05) is 6.07 Å². The lowest BCUT2D eigenvalue weighted by Crippen LogP contribution is -2.11. The van der Waals surface area contributed by atoms with Gasteiger partial charge in [0.05, 0.1) is 5.56 Å². The minimum Gasteiger partial charge on any atom is -0.415 e. The van der Waals surface area contributed by atoms with Crippen molar-refractivity contribution < 1.29 is 27.1 Å². The summed E-state index contributed by atoms with van der Waals surface area (Å²) in [5.41, 5.74) is -0.800. The molecule has 10 heteroatoms. The summed E-state index contributed by atoms with van der Waals surface area (Å²) in [7, 11) is 0. The van der Waals surface area contributed by atoms with Crippen molar-refractivity contribution in [2.75, 3.05) is 0 Å².